The van der Waals surface area contributed by atoms with Crippen molar-refractivity contribution < 1.29 is 4.79 Å². The van der Waals surface area contributed by atoms with Crippen LogP contribution in [0, 0.1) is 0 Å². The number of benzene rings is 1. The number of nitrogens with zero attached hydrogens (tertiary/aromatic N) is 2. The Bertz CT molecular complexity index is 327. The van der Waals surface area contributed by atoms with E-state index in [2.05, 4.69) is 23.7 Å². The van der Waals surface area contributed by atoms with Gasteiger partial charge in [-0.05, 0) is 38.1 Å². The highest BCUT2D eigenvalue weighted by molar-refractivity contribution is 5.85. The molecule has 0 aromatic heterocycles. The minimum Gasteiger partial charge on any atom is -0.372 e. The molecule has 0 amide bonds. The van der Waals surface area contributed by atoms with E-state index in [0.717, 1.165) is 18.8 Å². The minimum absolute atomic E-state index is 0. The highest BCUT2D eigenvalue weighted by Gasteiger charge is 2.00. The molecule has 0 fully saturated rings. The fourth-order valence-electron chi connectivity index (χ4n) is 1.38. The molecule has 0 aliphatic rings. The Morgan fingerprint density at radius 2 is 1.73 bits per heavy atom. The highest BCUT2D eigenvalue weighted by Crippen LogP contribution is 2.18. The van der Waals surface area contributed by atoms with Crippen molar-refractivity contribution in [3.05, 3.63) is 24.3 Å². The molecule has 15 heavy (non-hydrogen) atoms. The normalized spacial score (nSPS) is 8.67. The van der Waals surface area contributed by atoms with Crippen LogP contribution >= 0.6 is 12.4 Å². The molecule has 1 aromatic carbocycles. The molecular weight excluding hydrogens is 212 g/mol. The Balaban J connectivity index is 0.00000196. The number of hydrogen-bond donors (Lipinski definition) is 0. The maximum absolute atomic E-state index is 10.0. The third kappa shape index (κ3) is 3.74. The molecule has 0 radical (unpaired) electrons. The van der Waals surface area contributed by atoms with Crippen LogP contribution in [0.2, 0.25) is 0 Å². The number of halogens is 1. The molecule has 0 heterocycles. The van der Waals surface area contributed by atoms with Crippen LogP contribution in [-0.2, 0) is 4.79 Å². The van der Waals surface area contributed by atoms with Crippen LogP contribution in [0.4, 0.5) is 11.4 Å². The molecule has 0 saturated heterocycles. The first-order valence-electron chi connectivity index (χ1n) is 4.74. The number of aliphatic imine (C=N–C) groups is 1. The number of carbonyl (C=O) groups excluding carboxylic acids is 1. The topological polar surface area (TPSA) is 32.7 Å². The molecule has 0 aliphatic heterocycles. The van der Waals surface area contributed by atoms with Crippen molar-refractivity contribution in [3.8, 4) is 0 Å². The Morgan fingerprint density at radius 1 is 1.20 bits per heavy atom. The lowest BCUT2D eigenvalue weighted by Gasteiger charge is -2.20. The second-order valence-electron chi connectivity index (χ2n) is 2.89. The summed E-state index contributed by atoms with van der Waals surface area (Å²) in [6.45, 7) is 6.18. The van der Waals surface area contributed by atoms with E-state index in [1.807, 2.05) is 24.3 Å². The second kappa shape index (κ2) is 7.04. The molecular formula is C11H15ClN2O. The van der Waals surface area contributed by atoms with Gasteiger partial charge in [-0.2, -0.15) is 4.99 Å². The molecule has 3 nitrogen and oxygen atoms in total. The van der Waals surface area contributed by atoms with Crippen LogP contribution in [-0.4, -0.2) is 19.2 Å². The summed E-state index contributed by atoms with van der Waals surface area (Å²) in [5.74, 6) is 0. The smallest absolute Gasteiger partial charge is 0.240 e. The number of rotatable bonds is 4. The van der Waals surface area contributed by atoms with E-state index in [0.29, 0.717) is 5.69 Å². The van der Waals surface area contributed by atoms with E-state index in [-0.39, 0.29) is 12.4 Å². The van der Waals surface area contributed by atoms with Gasteiger partial charge in [0.15, 0.2) is 0 Å². The average molecular weight is 227 g/mol. The summed E-state index contributed by atoms with van der Waals surface area (Å²) in [4.78, 5) is 15.8. The van der Waals surface area contributed by atoms with Crippen molar-refractivity contribution in [2.45, 2.75) is 13.8 Å². The lowest BCUT2D eigenvalue weighted by atomic mass is 10.2. The molecule has 1 rings (SSSR count). The van der Waals surface area contributed by atoms with E-state index in [9.17, 15) is 4.79 Å². The summed E-state index contributed by atoms with van der Waals surface area (Å²) < 4.78 is 0. The van der Waals surface area contributed by atoms with E-state index in [1.165, 1.54) is 6.08 Å². The maximum atomic E-state index is 10.0. The van der Waals surface area contributed by atoms with Crippen molar-refractivity contribution in [3.63, 3.8) is 0 Å². The molecule has 0 N–H and O–H groups in total. The lowest BCUT2D eigenvalue weighted by Crippen LogP contribution is -2.21. The summed E-state index contributed by atoms with van der Waals surface area (Å²) in [6.07, 6.45) is 1.52. The predicted molar refractivity (Wildman–Crippen MR) is 65.0 cm³/mol. The van der Waals surface area contributed by atoms with E-state index in [1.54, 1.807) is 0 Å². The Kier molecular flexibility index (Phi) is 6.43. The van der Waals surface area contributed by atoms with Gasteiger partial charge in [-0.1, -0.05) is 0 Å². The van der Waals surface area contributed by atoms with Crippen molar-refractivity contribution in [1.82, 2.24) is 0 Å². The van der Waals surface area contributed by atoms with Crippen molar-refractivity contribution in [1.29, 1.82) is 0 Å². The van der Waals surface area contributed by atoms with Gasteiger partial charge >= 0.3 is 0 Å². The Hall–Kier alpha value is -1.31. The summed E-state index contributed by atoms with van der Waals surface area (Å²) in [5.41, 5.74) is 1.80. The molecule has 0 unspecified atom stereocenters. The van der Waals surface area contributed by atoms with E-state index in [4.69, 9.17) is 0 Å². The molecule has 82 valence electrons. The Labute approximate surface area is 96.2 Å². The van der Waals surface area contributed by atoms with Crippen molar-refractivity contribution >= 4 is 29.9 Å². The number of isocyanates is 1. The Morgan fingerprint density at radius 3 is 2.13 bits per heavy atom. The van der Waals surface area contributed by atoms with Gasteiger partial charge in [0.2, 0.25) is 6.08 Å². The molecule has 0 spiro atoms. The first-order chi connectivity index (χ1) is 6.81. The number of hydrogen-bond acceptors (Lipinski definition) is 3. The molecule has 0 bridgehead atoms. The summed E-state index contributed by atoms with van der Waals surface area (Å²) in [7, 11) is 0. The van der Waals surface area contributed by atoms with Gasteiger partial charge in [0, 0.05) is 18.8 Å². The first-order valence-corrected chi connectivity index (χ1v) is 4.74. The van der Waals surface area contributed by atoms with Gasteiger partial charge < -0.3 is 4.90 Å². The highest BCUT2D eigenvalue weighted by atomic mass is 35.5. The molecule has 0 saturated carbocycles. The monoisotopic (exact) mass is 226 g/mol. The van der Waals surface area contributed by atoms with E-state index >= 15 is 0 Å². The second-order valence-corrected chi connectivity index (χ2v) is 2.89. The standard InChI is InChI=1S/C11H14N2O.ClH/c1-3-13(4-2)11-7-5-10(6-8-11)12-9-14;/h5-8H,3-4H2,1-2H3;1H. The minimum atomic E-state index is 0. The lowest BCUT2D eigenvalue weighted by molar-refractivity contribution is 0.565. The first kappa shape index (κ1) is 13.7. The maximum Gasteiger partial charge on any atom is 0.240 e. The van der Waals surface area contributed by atoms with Gasteiger partial charge in [0.05, 0.1) is 5.69 Å². The van der Waals surface area contributed by atoms with Crippen molar-refractivity contribution in [2.75, 3.05) is 18.0 Å². The SMILES string of the molecule is CCN(CC)c1ccc(N=C=O)cc1.Cl. The third-order valence-electron chi connectivity index (χ3n) is 2.15. The molecule has 4 heteroatoms. The number of anilines is 1. The molecule has 0 atom stereocenters. The van der Waals surface area contributed by atoms with Gasteiger partial charge in [-0.15, -0.1) is 12.4 Å². The van der Waals surface area contributed by atoms with Crippen LogP contribution in [0.25, 0.3) is 0 Å². The predicted octanol–water partition coefficient (Wildman–Crippen LogP) is 2.92. The van der Waals surface area contributed by atoms with Crippen LogP contribution in [0.3, 0.4) is 0 Å². The van der Waals surface area contributed by atoms with Gasteiger partial charge in [-0.3, -0.25) is 0 Å². The van der Waals surface area contributed by atoms with Gasteiger partial charge in [0.1, 0.15) is 0 Å². The molecule has 0 aliphatic carbocycles. The average Bonchev–Trinajstić information content (AvgIpc) is 2.23. The third-order valence-corrected chi connectivity index (χ3v) is 2.15. The zero-order chi connectivity index (χ0) is 10.4. The zero-order valence-corrected chi connectivity index (χ0v) is 9.75. The van der Waals surface area contributed by atoms with E-state index < -0.39 is 0 Å². The zero-order valence-electron chi connectivity index (χ0n) is 8.93. The summed E-state index contributed by atoms with van der Waals surface area (Å²) >= 11 is 0. The van der Waals surface area contributed by atoms with Crippen LogP contribution in [0.1, 0.15) is 13.8 Å². The fraction of sp³-hybridized carbons (Fsp3) is 0.364. The molecule has 1 aromatic rings. The fourth-order valence-corrected chi connectivity index (χ4v) is 1.38. The summed E-state index contributed by atoms with van der Waals surface area (Å²) in [5, 5.41) is 0. The largest absolute Gasteiger partial charge is 0.372 e. The quantitative estimate of drug-likeness (QED) is 0.584. The van der Waals surface area contributed by atoms with Crippen LogP contribution < -0.4 is 4.90 Å². The van der Waals surface area contributed by atoms with Gasteiger partial charge in [-0.25, -0.2) is 4.79 Å². The van der Waals surface area contributed by atoms with Crippen LogP contribution in [0.15, 0.2) is 29.3 Å². The summed E-state index contributed by atoms with van der Waals surface area (Å²) in [6, 6.07) is 7.56. The van der Waals surface area contributed by atoms with Crippen molar-refractivity contribution in [2.24, 2.45) is 4.99 Å². The van der Waals surface area contributed by atoms with Crippen LogP contribution in [0.5, 0.6) is 0 Å². The van der Waals surface area contributed by atoms with Gasteiger partial charge in [0.25, 0.3) is 0 Å².